The maximum Gasteiger partial charge on any atom is 0.330 e. The van der Waals surface area contributed by atoms with Crippen molar-refractivity contribution in [1.29, 1.82) is 0 Å². The molecule has 0 aromatic heterocycles. The molecule has 118 valence electrons. The number of hydrogen-bond donors (Lipinski definition) is 0. The second kappa shape index (κ2) is 7.97. The van der Waals surface area contributed by atoms with E-state index in [1.807, 2.05) is 6.92 Å². The summed E-state index contributed by atoms with van der Waals surface area (Å²) in [5, 5.41) is 0. The molecule has 0 fully saturated rings. The average molecular weight is 308 g/mol. The number of halogens is 4. The quantitative estimate of drug-likeness (QED) is 0.517. The molecule has 0 saturated carbocycles. The summed E-state index contributed by atoms with van der Waals surface area (Å²) in [6.07, 6.45) is -3.09. The molecule has 0 aliphatic carbocycles. The van der Waals surface area contributed by atoms with E-state index in [0.29, 0.717) is 12.4 Å². The molecule has 0 atom stereocenters. The normalized spacial score (nSPS) is 11.7. The summed E-state index contributed by atoms with van der Waals surface area (Å²) in [5.74, 6) is -4.56. The molecule has 0 amide bonds. The Morgan fingerprint density at radius 1 is 1.29 bits per heavy atom. The first-order valence-corrected chi connectivity index (χ1v) is 6.37. The molecule has 0 saturated heterocycles. The summed E-state index contributed by atoms with van der Waals surface area (Å²) in [6, 6.07) is 6.27. The Balaban J connectivity index is 2.60. The Bertz CT molecular complexity index is 463. The van der Waals surface area contributed by atoms with Gasteiger partial charge in [0.1, 0.15) is 19.0 Å². The number of benzene rings is 1. The lowest BCUT2D eigenvalue weighted by molar-refractivity contribution is -0.163. The standard InChI is InChI=1S/C14H16F4O3/c1-2-7-21-12-6-4-3-5-10(12)11(19)8-20-9-14(17,18)13(15)16/h3-6,13H,2,7-9H2,1H3. The van der Waals surface area contributed by atoms with Gasteiger partial charge in [-0.05, 0) is 18.6 Å². The van der Waals surface area contributed by atoms with Crippen molar-refractivity contribution in [3.63, 3.8) is 0 Å². The van der Waals surface area contributed by atoms with Crippen LogP contribution in [0.3, 0.4) is 0 Å². The largest absolute Gasteiger partial charge is 0.493 e. The number of rotatable bonds is 9. The number of ether oxygens (including phenoxy) is 2. The Hall–Kier alpha value is -1.63. The fourth-order valence-electron chi connectivity index (χ4n) is 1.46. The third-order valence-electron chi connectivity index (χ3n) is 2.50. The van der Waals surface area contributed by atoms with Crippen molar-refractivity contribution < 1.29 is 31.8 Å². The summed E-state index contributed by atoms with van der Waals surface area (Å²) in [4.78, 5) is 11.8. The van der Waals surface area contributed by atoms with Gasteiger partial charge in [-0.3, -0.25) is 4.79 Å². The van der Waals surface area contributed by atoms with Crippen molar-refractivity contribution in [2.45, 2.75) is 25.7 Å². The maximum absolute atomic E-state index is 12.6. The molecule has 21 heavy (non-hydrogen) atoms. The minimum Gasteiger partial charge on any atom is -0.493 e. The van der Waals surface area contributed by atoms with Gasteiger partial charge in [-0.25, -0.2) is 8.78 Å². The van der Waals surface area contributed by atoms with Crippen LogP contribution in [0.1, 0.15) is 23.7 Å². The van der Waals surface area contributed by atoms with Crippen LogP contribution in [0.25, 0.3) is 0 Å². The van der Waals surface area contributed by atoms with Crippen LogP contribution in [0.4, 0.5) is 17.6 Å². The highest BCUT2D eigenvalue weighted by Crippen LogP contribution is 2.23. The fourth-order valence-corrected chi connectivity index (χ4v) is 1.46. The van der Waals surface area contributed by atoms with Gasteiger partial charge in [0.2, 0.25) is 0 Å². The molecule has 1 aromatic rings. The third-order valence-corrected chi connectivity index (χ3v) is 2.50. The smallest absolute Gasteiger partial charge is 0.330 e. The van der Waals surface area contributed by atoms with E-state index in [9.17, 15) is 22.4 Å². The Morgan fingerprint density at radius 2 is 1.95 bits per heavy atom. The zero-order valence-electron chi connectivity index (χ0n) is 11.5. The summed E-state index contributed by atoms with van der Waals surface area (Å²) >= 11 is 0. The molecule has 0 unspecified atom stereocenters. The lowest BCUT2D eigenvalue weighted by atomic mass is 10.1. The number of Topliss-reactive ketones (excluding diaryl/α,β-unsaturated/α-hetero) is 1. The zero-order valence-corrected chi connectivity index (χ0v) is 11.5. The average Bonchev–Trinajstić information content (AvgIpc) is 2.45. The van der Waals surface area contributed by atoms with Crippen LogP contribution in [0, 0.1) is 0 Å². The minimum atomic E-state index is -4.27. The van der Waals surface area contributed by atoms with Crippen molar-refractivity contribution in [2.75, 3.05) is 19.8 Å². The molecule has 0 bridgehead atoms. The second-order valence-corrected chi connectivity index (χ2v) is 4.32. The Kier molecular flexibility index (Phi) is 6.61. The van der Waals surface area contributed by atoms with Crippen molar-refractivity contribution in [3.8, 4) is 5.75 Å². The lowest BCUT2D eigenvalue weighted by Crippen LogP contribution is -2.33. The van der Waals surface area contributed by atoms with Crippen molar-refractivity contribution in [2.24, 2.45) is 0 Å². The molecule has 0 radical (unpaired) electrons. The van der Waals surface area contributed by atoms with Crippen LogP contribution >= 0.6 is 0 Å². The first kappa shape index (κ1) is 17.4. The number of para-hydroxylation sites is 1. The molecule has 3 nitrogen and oxygen atoms in total. The highest BCUT2D eigenvalue weighted by Gasteiger charge is 2.41. The fraction of sp³-hybridized carbons (Fsp3) is 0.500. The first-order valence-electron chi connectivity index (χ1n) is 6.37. The van der Waals surface area contributed by atoms with Gasteiger partial charge < -0.3 is 9.47 Å². The Labute approximate surface area is 119 Å². The summed E-state index contributed by atoms with van der Waals surface area (Å²) in [7, 11) is 0. The van der Waals surface area contributed by atoms with Crippen molar-refractivity contribution in [1.82, 2.24) is 0 Å². The maximum atomic E-state index is 12.6. The first-order chi connectivity index (χ1) is 9.88. The van der Waals surface area contributed by atoms with Gasteiger partial charge in [0.05, 0.1) is 12.2 Å². The molecule has 0 aliphatic rings. The van der Waals surface area contributed by atoms with E-state index in [0.717, 1.165) is 6.42 Å². The van der Waals surface area contributed by atoms with Crippen LogP contribution < -0.4 is 4.74 Å². The van der Waals surface area contributed by atoms with Gasteiger partial charge in [0, 0.05) is 0 Å². The number of hydrogen-bond acceptors (Lipinski definition) is 3. The number of ketones is 1. The van der Waals surface area contributed by atoms with Gasteiger partial charge >= 0.3 is 12.3 Å². The lowest BCUT2D eigenvalue weighted by Gasteiger charge is -2.15. The molecular formula is C14H16F4O3. The van der Waals surface area contributed by atoms with Crippen LogP contribution in [-0.4, -0.2) is 38.0 Å². The third kappa shape index (κ3) is 5.34. The summed E-state index contributed by atoms with van der Waals surface area (Å²) in [5.41, 5.74) is 0.173. The predicted octanol–water partition coefficient (Wildman–Crippen LogP) is 3.58. The molecule has 0 spiro atoms. The molecule has 0 N–H and O–H groups in total. The van der Waals surface area contributed by atoms with E-state index in [-0.39, 0.29) is 5.56 Å². The highest BCUT2D eigenvalue weighted by molar-refractivity contribution is 5.99. The van der Waals surface area contributed by atoms with Gasteiger partial charge in [0.25, 0.3) is 0 Å². The molecule has 0 heterocycles. The van der Waals surface area contributed by atoms with Crippen LogP contribution in [0.15, 0.2) is 24.3 Å². The van der Waals surface area contributed by atoms with Crippen molar-refractivity contribution in [3.05, 3.63) is 29.8 Å². The number of carbonyl (C=O) groups is 1. The SMILES string of the molecule is CCCOc1ccccc1C(=O)COCC(F)(F)C(F)F. The van der Waals surface area contributed by atoms with Gasteiger partial charge in [-0.1, -0.05) is 19.1 Å². The molecule has 0 aliphatic heterocycles. The van der Waals surface area contributed by atoms with Gasteiger partial charge in [-0.15, -0.1) is 0 Å². The van der Waals surface area contributed by atoms with E-state index >= 15 is 0 Å². The van der Waals surface area contributed by atoms with E-state index in [4.69, 9.17) is 4.74 Å². The molecule has 1 rings (SSSR count). The Morgan fingerprint density at radius 3 is 2.57 bits per heavy atom. The minimum absolute atomic E-state index is 0.173. The van der Waals surface area contributed by atoms with Crippen LogP contribution in [-0.2, 0) is 4.74 Å². The van der Waals surface area contributed by atoms with Crippen molar-refractivity contribution >= 4 is 5.78 Å². The number of carbonyl (C=O) groups excluding carboxylic acids is 1. The molecule has 1 aromatic carbocycles. The molecule has 7 heteroatoms. The second-order valence-electron chi connectivity index (χ2n) is 4.32. The van der Waals surface area contributed by atoms with E-state index in [1.165, 1.54) is 6.07 Å². The topological polar surface area (TPSA) is 35.5 Å². The summed E-state index contributed by atoms with van der Waals surface area (Å²) < 4.78 is 58.9. The zero-order chi connectivity index (χ0) is 15.9. The van der Waals surface area contributed by atoms with E-state index in [2.05, 4.69) is 4.74 Å². The summed E-state index contributed by atoms with van der Waals surface area (Å²) in [6.45, 7) is 0.0672. The highest BCUT2D eigenvalue weighted by atomic mass is 19.3. The van der Waals surface area contributed by atoms with Crippen LogP contribution in [0.2, 0.25) is 0 Å². The van der Waals surface area contributed by atoms with E-state index < -0.39 is 31.3 Å². The number of alkyl halides is 4. The van der Waals surface area contributed by atoms with Gasteiger partial charge in [0.15, 0.2) is 5.78 Å². The predicted molar refractivity (Wildman–Crippen MR) is 68.3 cm³/mol. The monoisotopic (exact) mass is 308 g/mol. The van der Waals surface area contributed by atoms with Gasteiger partial charge in [-0.2, -0.15) is 8.78 Å². The molecular weight excluding hydrogens is 292 g/mol. The van der Waals surface area contributed by atoms with Crippen LogP contribution in [0.5, 0.6) is 5.75 Å². The van der Waals surface area contributed by atoms with E-state index in [1.54, 1.807) is 18.2 Å².